The van der Waals surface area contributed by atoms with Crippen LogP contribution in [-0.4, -0.2) is 72.2 Å². The van der Waals surface area contributed by atoms with Crippen molar-refractivity contribution >= 4 is 45.6 Å². The lowest BCUT2D eigenvalue weighted by atomic mass is 9.81. The molecule has 0 unspecified atom stereocenters. The summed E-state index contributed by atoms with van der Waals surface area (Å²) in [4.78, 5) is 25.1. The van der Waals surface area contributed by atoms with Crippen molar-refractivity contribution in [1.29, 1.82) is 0 Å². The van der Waals surface area contributed by atoms with E-state index in [-0.39, 0.29) is 50.4 Å². The molecule has 0 aliphatic heterocycles. The third-order valence-corrected chi connectivity index (χ3v) is 6.92. The highest BCUT2D eigenvalue weighted by Crippen LogP contribution is 2.47. The van der Waals surface area contributed by atoms with E-state index in [1.807, 2.05) is 0 Å². The number of carbonyl (C=O) groups excluding carboxylic acids is 2. The molecule has 0 saturated heterocycles. The van der Waals surface area contributed by atoms with E-state index in [1.165, 1.54) is 0 Å². The molecule has 1 fully saturated rings. The minimum Gasteiger partial charge on any atom is -0.438 e. The van der Waals surface area contributed by atoms with E-state index in [0.29, 0.717) is 16.7 Å². The molecule has 1 aliphatic carbocycles. The van der Waals surface area contributed by atoms with Crippen molar-refractivity contribution in [2.75, 3.05) is 5.75 Å². The Morgan fingerprint density at radius 3 is 1.61 bits per heavy atom. The van der Waals surface area contributed by atoms with Gasteiger partial charge in [-0.1, -0.05) is 36.7 Å². The van der Waals surface area contributed by atoms with Crippen LogP contribution in [0, 0.1) is 11.8 Å². The molecule has 1 aliphatic rings. The summed E-state index contributed by atoms with van der Waals surface area (Å²) in [5.41, 5.74) is -3.91. The maximum Gasteiger partial charge on any atom is 0.438 e. The fourth-order valence-corrected chi connectivity index (χ4v) is 5.01. The maximum atomic E-state index is 13.4. The Labute approximate surface area is 219 Å². The van der Waals surface area contributed by atoms with Crippen LogP contribution in [0.15, 0.2) is 12.1 Å². The largest absolute Gasteiger partial charge is 0.438 e. The molecule has 7 nitrogen and oxygen atoms in total. The van der Waals surface area contributed by atoms with E-state index in [1.54, 1.807) is 12.1 Å². The topological polar surface area (TPSA) is 107 Å². The first-order valence-electron chi connectivity index (χ1n) is 11.2. The van der Waals surface area contributed by atoms with E-state index >= 15 is 0 Å². The zero-order valence-corrected chi connectivity index (χ0v) is 20.6. The van der Waals surface area contributed by atoms with Crippen LogP contribution in [0.4, 0.5) is 26.3 Å². The summed E-state index contributed by atoms with van der Waals surface area (Å²) in [5, 5.41) is 0. The van der Waals surface area contributed by atoms with Gasteiger partial charge in [0.15, 0.2) is 0 Å². The number of carbonyl (C=O) groups is 2. The first kappa shape index (κ1) is 32.1. The lowest BCUT2D eigenvalue weighted by Crippen LogP contribution is -2.63. The Balaban J connectivity index is 2.17. The highest BCUT2D eigenvalue weighted by atomic mass is 32.2. The van der Waals surface area contributed by atoms with Crippen LogP contribution in [0.25, 0.3) is 0 Å². The Morgan fingerprint density at radius 2 is 1.26 bits per heavy atom. The summed E-state index contributed by atoms with van der Waals surface area (Å²) in [6.45, 7) is 0. The summed E-state index contributed by atoms with van der Waals surface area (Å²) in [5.74, 6) is -7.96. The number of rotatable bonds is 9. The van der Waals surface area contributed by atoms with Gasteiger partial charge >= 0.3 is 29.9 Å². The minimum absolute atomic E-state index is 0.0221. The molecule has 6 radical (unpaired) electrons. The van der Waals surface area contributed by atoms with Crippen LogP contribution in [0.3, 0.4) is 0 Å². The van der Waals surface area contributed by atoms with E-state index in [2.05, 4.69) is 4.74 Å². The monoisotopic (exact) mass is 564 g/mol. The van der Waals surface area contributed by atoms with Crippen molar-refractivity contribution in [2.45, 2.75) is 62.6 Å². The van der Waals surface area contributed by atoms with Gasteiger partial charge in [-0.15, -0.1) is 0 Å². The molecule has 0 heterocycles. The van der Waals surface area contributed by atoms with Crippen molar-refractivity contribution in [3.8, 4) is 5.75 Å². The number of ether oxygens (including phenoxy) is 2. The summed E-state index contributed by atoms with van der Waals surface area (Å²) < 4.78 is 120. The third-order valence-electron chi connectivity index (χ3n) is 6.15. The Kier molecular flexibility index (Phi) is 10.1. The van der Waals surface area contributed by atoms with Gasteiger partial charge in [0.05, 0.1) is 35.4 Å². The molecule has 1 aromatic carbocycles. The average molecular weight is 564 g/mol. The highest BCUT2D eigenvalue weighted by molar-refractivity contribution is 7.85. The van der Waals surface area contributed by atoms with E-state index in [0.717, 1.165) is 0 Å². The van der Waals surface area contributed by atoms with E-state index < -0.39 is 57.6 Å². The quantitative estimate of drug-likeness (QED) is 0.162. The van der Waals surface area contributed by atoms with Crippen LogP contribution >= 0.6 is 0 Å². The Hall–Kier alpha value is -2.16. The number of alkyl halides is 6. The zero-order chi connectivity index (χ0) is 29.1. The van der Waals surface area contributed by atoms with Gasteiger partial charge in [0.25, 0.3) is 10.1 Å². The molecule has 38 heavy (non-hydrogen) atoms. The molecule has 1 saturated carbocycles. The smallest absolute Gasteiger partial charge is 0.438 e. The summed E-state index contributed by atoms with van der Waals surface area (Å²) in [6.07, 6.45) is -13.7. The van der Waals surface area contributed by atoms with Gasteiger partial charge in [0.2, 0.25) is 0 Å². The zero-order valence-electron chi connectivity index (χ0n) is 19.8. The van der Waals surface area contributed by atoms with Crippen LogP contribution in [0.2, 0.25) is 0 Å². The minimum atomic E-state index is -6.42. The molecule has 0 aromatic heterocycles. The molecule has 0 amide bonds. The second-order valence-electron chi connectivity index (χ2n) is 8.80. The number of esters is 2. The number of halogens is 6. The molecular weight excluding hydrogens is 543 g/mol. The van der Waals surface area contributed by atoms with Crippen LogP contribution < -0.4 is 4.74 Å². The second kappa shape index (κ2) is 11.9. The predicted octanol–water partition coefficient (Wildman–Crippen LogP) is 2.70. The lowest BCUT2D eigenvalue weighted by Gasteiger charge is -2.37. The number of benzene rings is 1. The first-order chi connectivity index (χ1) is 17.4. The number of hydrogen-bond acceptors (Lipinski definition) is 6. The van der Waals surface area contributed by atoms with Gasteiger partial charge in [0.1, 0.15) is 11.5 Å². The van der Waals surface area contributed by atoms with E-state index in [4.69, 9.17) is 32.8 Å². The second-order valence-corrected chi connectivity index (χ2v) is 10.2. The van der Waals surface area contributed by atoms with Gasteiger partial charge < -0.3 is 9.47 Å². The summed E-state index contributed by atoms with van der Waals surface area (Å²) in [6, 6.07) is 3.24. The van der Waals surface area contributed by atoms with Gasteiger partial charge in [0, 0.05) is 0 Å². The lowest BCUT2D eigenvalue weighted by molar-refractivity contribution is -0.362. The van der Waals surface area contributed by atoms with Gasteiger partial charge in [-0.25, -0.2) is 0 Å². The van der Waals surface area contributed by atoms with Crippen molar-refractivity contribution in [3.05, 3.63) is 28.8 Å². The van der Waals surface area contributed by atoms with Crippen molar-refractivity contribution < 1.29 is 58.4 Å². The van der Waals surface area contributed by atoms with Gasteiger partial charge in [-0.2, -0.15) is 34.8 Å². The molecule has 0 bridgehead atoms. The van der Waals surface area contributed by atoms with Gasteiger partial charge in [-0.05, 0) is 36.8 Å². The standard InChI is InChI=1S/C21H21B3F6O7S/c22-7-11-5-14(8-23)16(15(6-11)9-24)36-17(31)12-1-3-13(4-2-12)18(32)37-19(20(25,26)27,21(28,29)30)10-38(33,34)35/h5-6,12-13H,1-4,7-10H2,(H,33,34,35). The first-order valence-corrected chi connectivity index (χ1v) is 12.8. The van der Waals surface area contributed by atoms with E-state index in [9.17, 15) is 44.3 Å². The fourth-order valence-electron chi connectivity index (χ4n) is 4.11. The highest BCUT2D eigenvalue weighted by Gasteiger charge is 2.76. The Bertz CT molecular complexity index is 1090. The molecule has 0 atom stereocenters. The molecule has 0 spiro atoms. The fraction of sp³-hybridized carbons (Fsp3) is 0.619. The van der Waals surface area contributed by atoms with Gasteiger partial charge in [-0.3, -0.25) is 14.1 Å². The maximum absolute atomic E-state index is 13.4. The van der Waals surface area contributed by atoms with Crippen LogP contribution in [-0.2, 0) is 43.4 Å². The Morgan fingerprint density at radius 1 is 0.842 bits per heavy atom. The van der Waals surface area contributed by atoms with Crippen molar-refractivity contribution in [3.63, 3.8) is 0 Å². The molecule has 1 N–H and O–H groups in total. The van der Waals surface area contributed by atoms with Crippen molar-refractivity contribution in [1.82, 2.24) is 0 Å². The molecule has 17 heteroatoms. The van der Waals surface area contributed by atoms with Crippen LogP contribution in [0.5, 0.6) is 5.75 Å². The molecule has 204 valence electrons. The summed E-state index contributed by atoms with van der Waals surface area (Å²) >= 11 is 0. The summed E-state index contributed by atoms with van der Waals surface area (Å²) in [7, 11) is 11.2. The third kappa shape index (κ3) is 7.27. The molecular formula is C21H21B3F6O7S. The van der Waals surface area contributed by atoms with Crippen LogP contribution in [0.1, 0.15) is 42.4 Å². The van der Waals surface area contributed by atoms with Crippen molar-refractivity contribution in [2.24, 2.45) is 11.8 Å². The number of hydrogen-bond donors (Lipinski definition) is 1. The molecule has 2 rings (SSSR count). The normalized spacial score (nSPS) is 19.1. The SMILES string of the molecule is [B]Cc1cc(C[B])c(OC(=O)C2CCC(C(=O)OC(CS(=O)(=O)O)(C(F)(F)F)C(F)(F)F)CC2)c(C[B])c1. The average Bonchev–Trinajstić information content (AvgIpc) is 2.81. The molecule has 1 aromatic rings. The predicted molar refractivity (Wildman–Crippen MR) is 123 cm³/mol.